The van der Waals surface area contributed by atoms with Gasteiger partial charge in [0.2, 0.25) is 0 Å². The van der Waals surface area contributed by atoms with Crippen molar-refractivity contribution < 1.29 is 0 Å². The SMILES string of the molecule is CCC(C)Sc1ccc(C#N)c(Br)c1. The fraction of sp³-hybridized carbons (Fsp3) is 0.364. The minimum atomic E-state index is 0.620. The Kier molecular flexibility index (Phi) is 4.50. The van der Waals surface area contributed by atoms with Gasteiger partial charge in [0.15, 0.2) is 0 Å². The monoisotopic (exact) mass is 269 g/mol. The zero-order valence-corrected chi connectivity index (χ0v) is 10.7. The van der Waals surface area contributed by atoms with Crippen molar-refractivity contribution in [2.75, 3.05) is 0 Å². The van der Waals surface area contributed by atoms with E-state index >= 15 is 0 Å². The van der Waals surface area contributed by atoms with Crippen LogP contribution >= 0.6 is 27.7 Å². The standard InChI is InChI=1S/C11H12BrNS/c1-3-8(2)14-10-5-4-9(7-13)11(12)6-10/h4-6,8H,3H2,1-2H3. The van der Waals surface area contributed by atoms with Gasteiger partial charge in [0.25, 0.3) is 0 Å². The van der Waals surface area contributed by atoms with Crippen LogP contribution in [0, 0.1) is 11.3 Å². The second kappa shape index (κ2) is 5.43. The van der Waals surface area contributed by atoms with E-state index in [0.29, 0.717) is 10.8 Å². The minimum absolute atomic E-state index is 0.620. The second-order valence-electron chi connectivity index (χ2n) is 3.09. The zero-order valence-electron chi connectivity index (χ0n) is 8.25. The second-order valence-corrected chi connectivity index (χ2v) is 5.46. The number of hydrogen-bond donors (Lipinski definition) is 0. The highest BCUT2D eigenvalue weighted by Gasteiger charge is 2.04. The van der Waals surface area contributed by atoms with Crippen LogP contribution in [-0.2, 0) is 0 Å². The number of halogens is 1. The largest absolute Gasteiger partial charge is 0.192 e. The Morgan fingerprint density at radius 3 is 2.79 bits per heavy atom. The summed E-state index contributed by atoms with van der Waals surface area (Å²) in [5.74, 6) is 0. The third-order valence-corrected chi connectivity index (χ3v) is 3.89. The predicted octanol–water partition coefficient (Wildman–Crippen LogP) is 4.21. The van der Waals surface area contributed by atoms with Gasteiger partial charge in [-0.25, -0.2) is 0 Å². The maximum Gasteiger partial charge on any atom is 0.100 e. The van der Waals surface area contributed by atoms with Gasteiger partial charge in [-0.3, -0.25) is 0 Å². The van der Waals surface area contributed by atoms with Crippen molar-refractivity contribution in [1.82, 2.24) is 0 Å². The fourth-order valence-electron chi connectivity index (χ4n) is 0.975. The molecule has 0 amide bonds. The lowest BCUT2D eigenvalue weighted by Crippen LogP contribution is -1.91. The molecule has 0 heterocycles. The molecule has 0 saturated heterocycles. The van der Waals surface area contributed by atoms with E-state index in [0.717, 1.165) is 10.9 Å². The highest BCUT2D eigenvalue weighted by Crippen LogP contribution is 2.28. The average molecular weight is 270 g/mol. The first-order valence-corrected chi connectivity index (χ1v) is 6.21. The molecule has 0 radical (unpaired) electrons. The quantitative estimate of drug-likeness (QED) is 0.768. The molecule has 0 aliphatic carbocycles. The smallest absolute Gasteiger partial charge is 0.100 e. The maximum absolute atomic E-state index is 8.75. The van der Waals surface area contributed by atoms with E-state index in [1.807, 2.05) is 30.0 Å². The molecular formula is C11H12BrNS. The Labute approximate surface area is 97.6 Å². The van der Waals surface area contributed by atoms with E-state index < -0.39 is 0 Å². The molecule has 0 aliphatic heterocycles. The third kappa shape index (κ3) is 3.04. The highest BCUT2D eigenvalue weighted by molar-refractivity contribution is 9.10. The third-order valence-electron chi connectivity index (χ3n) is 1.97. The summed E-state index contributed by atoms with van der Waals surface area (Å²) in [6, 6.07) is 8.00. The summed E-state index contributed by atoms with van der Waals surface area (Å²) < 4.78 is 0.883. The first kappa shape index (κ1) is 11.6. The lowest BCUT2D eigenvalue weighted by atomic mass is 10.2. The molecule has 0 bridgehead atoms. The van der Waals surface area contributed by atoms with Crippen LogP contribution in [-0.4, -0.2) is 5.25 Å². The molecule has 0 spiro atoms. The van der Waals surface area contributed by atoms with Crippen molar-refractivity contribution in [3.63, 3.8) is 0 Å². The van der Waals surface area contributed by atoms with Crippen molar-refractivity contribution in [3.8, 4) is 6.07 Å². The molecular weight excluding hydrogens is 258 g/mol. The number of nitriles is 1. The van der Waals surface area contributed by atoms with E-state index in [9.17, 15) is 0 Å². The zero-order chi connectivity index (χ0) is 10.6. The van der Waals surface area contributed by atoms with Crippen LogP contribution in [0.5, 0.6) is 0 Å². The number of thioether (sulfide) groups is 1. The summed E-state index contributed by atoms with van der Waals surface area (Å²) in [4.78, 5) is 1.21. The number of benzene rings is 1. The summed E-state index contributed by atoms with van der Waals surface area (Å²) in [5.41, 5.74) is 0.693. The van der Waals surface area contributed by atoms with Gasteiger partial charge in [-0.15, -0.1) is 11.8 Å². The van der Waals surface area contributed by atoms with Gasteiger partial charge in [-0.05, 0) is 40.5 Å². The molecule has 14 heavy (non-hydrogen) atoms. The molecule has 1 unspecified atom stereocenters. The molecule has 3 heteroatoms. The van der Waals surface area contributed by atoms with Gasteiger partial charge >= 0.3 is 0 Å². The van der Waals surface area contributed by atoms with Gasteiger partial charge in [0.05, 0.1) is 5.56 Å². The first-order valence-electron chi connectivity index (χ1n) is 4.53. The maximum atomic E-state index is 8.75. The fourth-order valence-corrected chi connectivity index (χ4v) is 2.56. The van der Waals surface area contributed by atoms with Crippen LogP contribution in [0.1, 0.15) is 25.8 Å². The van der Waals surface area contributed by atoms with Crippen LogP contribution in [0.2, 0.25) is 0 Å². The molecule has 1 aromatic carbocycles. The average Bonchev–Trinajstić information content (AvgIpc) is 2.18. The summed E-state index contributed by atoms with van der Waals surface area (Å²) in [7, 11) is 0. The molecule has 1 nitrogen and oxygen atoms in total. The van der Waals surface area contributed by atoms with E-state index in [1.54, 1.807) is 0 Å². The van der Waals surface area contributed by atoms with E-state index in [2.05, 4.69) is 35.8 Å². The Morgan fingerprint density at radius 2 is 2.29 bits per heavy atom. The molecule has 1 rings (SSSR count). The van der Waals surface area contributed by atoms with Crippen LogP contribution in [0.25, 0.3) is 0 Å². The van der Waals surface area contributed by atoms with Gasteiger partial charge in [0.1, 0.15) is 6.07 Å². The molecule has 0 N–H and O–H groups in total. The van der Waals surface area contributed by atoms with Crippen molar-refractivity contribution in [2.45, 2.75) is 30.4 Å². The lowest BCUT2D eigenvalue weighted by molar-refractivity contribution is 0.905. The van der Waals surface area contributed by atoms with Crippen LogP contribution in [0.4, 0.5) is 0 Å². The molecule has 0 saturated carbocycles. The lowest BCUT2D eigenvalue weighted by Gasteiger charge is -2.08. The number of hydrogen-bond acceptors (Lipinski definition) is 2. The first-order chi connectivity index (χ1) is 6.67. The van der Waals surface area contributed by atoms with Gasteiger partial charge in [-0.1, -0.05) is 13.8 Å². The molecule has 0 aromatic heterocycles. The van der Waals surface area contributed by atoms with Crippen molar-refractivity contribution in [1.29, 1.82) is 5.26 Å². The summed E-state index contributed by atoms with van der Waals surface area (Å²) in [5, 5.41) is 9.37. The van der Waals surface area contributed by atoms with Crippen LogP contribution in [0.3, 0.4) is 0 Å². The van der Waals surface area contributed by atoms with Crippen LogP contribution in [0.15, 0.2) is 27.6 Å². The van der Waals surface area contributed by atoms with Crippen molar-refractivity contribution >= 4 is 27.7 Å². The summed E-state index contributed by atoms with van der Waals surface area (Å²) >= 11 is 5.22. The van der Waals surface area contributed by atoms with Crippen LogP contribution < -0.4 is 0 Å². The predicted molar refractivity (Wildman–Crippen MR) is 64.5 cm³/mol. The Hall–Kier alpha value is -0.460. The molecule has 0 aliphatic rings. The van der Waals surface area contributed by atoms with E-state index in [1.165, 1.54) is 4.90 Å². The van der Waals surface area contributed by atoms with Gasteiger partial charge in [0, 0.05) is 14.6 Å². The minimum Gasteiger partial charge on any atom is -0.192 e. The topological polar surface area (TPSA) is 23.8 Å². The number of nitrogens with zero attached hydrogens (tertiary/aromatic N) is 1. The van der Waals surface area contributed by atoms with Gasteiger partial charge in [-0.2, -0.15) is 5.26 Å². The Bertz CT molecular complexity index is 357. The van der Waals surface area contributed by atoms with Crippen molar-refractivity contribution in [3.05, 3.63) is 28.2 Å². The Morgan fingerprint density at radius 1 is 1.57 bits per heavy atom. The molecule has 0 fully saturated rings. The number of rotatable bonds is 3. The molecule has 74 valence electrons. The van der Waals surface area contributed by atoms with E-state index in [-0.39, 0.29) is 0 Å². The summed E-state index contributed by atoms with van der Waals surface area (Å²) in [6.07, 6.45) is 1.16. The summed E-state index contributed by atoms with van der Waals surface area (Å²) in [6.45, 7) is 4.38. The van der Waals surface area contributed by atoms with Crippen molar-refractivity contribution in [2.24, 2.45) is 0 Å². The van der Waals surface area contributed by atoms with Gasteiger partial charge < -0.3 is 0 Å². The Balaban J connectivity index is 2.82. The molecule has 1 aromatic rings. The molecule has 1 atom stereocenters. The van der Waals surface area contributed by atoms with E-state index in [4.69, 9.17) is 5.26 Å². The normalized spacial score (nSPS) is 12.1. The highest BCUT2D eigenvalue weighted by atomic mass is 79.9.